The van der Waals surface area contributed by atoms with Gasteiger partial charge in [-0.1, -0.05) is 6.07 Å². The highest BCUT2D eigenvalue weighted by Crippen LogP contribution is 2.36. The minimum absolute atomic E-state index is 0.00947. The number of nitrogen functional groups attached to an aromatic ring is 1. The number of imide groups is 1. The maximum Gasteiger partial charge on any atom is 0.491 e. The number of carbonyl (C=O) groups is 3. The predicted octanol–water partition coefficient (Wildman–Crippen LogP) is 3.67. The Kier molecular flexibility index (Phi) is 6.52. The molecular formula is C21H12F6N6O5. The highest BCUT2D eigenvalue weighted by molar-refractivity contribution is 6.27. The van der Waals surface area contributed by atoms with Gasteiger partial charge in [0.05, 0.1) is 17.4 Å². The summed E-state index contributed by atoms with van der Waals surface area (Å²) in [5, 5.41) is 0. The van der Waals surface area contributed by atoms with Gasteiger partial charge < -0.3 is 15.2 Å². The minimum Gasteiger partial charge on any atom is -0.437 e. The normalized spacial score (nSPS) is 16.1. The Morgan fingerprint density at radius 1 is 1.00 bits per heavy atom. The minimum atomic E-state index is -5.57. The molecule has 1 atom stereocenters. The number of ether oxygens (including phenoxy) is 2. The number of aromatic nitrogens is 3. The summed E-state index contributed by atoms with van der Waals surface area (Å²) in [7, 11) is 0. The fourth-order valence-corrected chi connectivity index (χ4v) is 3.18. The molecule has 198 valence electrons. The molecule has 2 aromatic heterocycles. The van der Waals surface area contributed by atoms with Gasteiger partial charge in [0.25, 0.3) is 12.1 Å². The summed E-state index contributed by atoms with van der Waals surface area (Å²) in [6.45, 7) is 0. The van der Waals surface area contributed by atoms with Crippen LogP contribution in [0.5, 0.6) is 11.6 Å². The zero-order valence-electron chi connectivity index (χ0n) is 18.4. The van der Waals surface area contributed by atoms with Crippen molar-refractivity contribution in [3.8, 4) is 11.6 Å². The topological polar surface area (TPSA) is 141 Å². The van der Waals surface area contributed by atoms with Crippen LogP contribution >= 0.6 is 0 Å². The number of anilines is 3. The van der Waals surface area contributed by atoms with Gasteiger partial charge in [-0.05, 0) is 30.3 Å². The van der Waals surface area contributed by atoms with Crippen molar-refractivity contribution in [2.24, 2.45) is 0 Å². The van der Waals surface area contributed by atoms with Crippen molar-refractivity contribution < 1.29 is 50.2 Å². The first-order chi connectivity index (χ1) is 17.8. The summed E-state index contributed by atoms with van der Waals surface area (Å²) in [6, 6.07) is 4.97. The fourth-order valence-electron chi connectivity index (χ4n) is 3.18. The van der Waals surface area contributed by atoms with Crippen LogP contribution in [0.3, 0.4) is 0 Å². The Labute approximate surface area is 207 Å². The molecule has 0 radical (unpaired) electrons. The first-order valence-electron chi connectivity index (χ1n) is 10.1. The van der Waals surface area contributed by atoms with Crippen molar-refractivity contribution in [3.05, 3.63) is 60.4 Å². The van der Waals surface area contributed by atoms with E-state index in [0.717, 1.165) is 24.4 Å². The Hall–Kier alpha value is -4.96. The Bertz CT molecular complexity index is 1400. The van der Waals surface area contributed by atoms with Gasteiger partial charge in [0.15, 0.2) is 0 Å². The fraction of sp³-hybridized carbons (Fsp3) is 0.143. The third kappa shape index (κ3) is 5.25. The number of nitrogens with zero attached hydrogens (tertiary/aromatic N) is 5. The lowest BCUT2D eigenvalue weighted by Gasteiger charge is -2.22. The van der Waals surface area contributed by atoms with E-state index in [1.807, 2.05) is 0 Å². The molecule has 1 aliphatic rings. The maximum absolute atomic E-state index is 13.2. The predicted molar refractivity (Wildman–Crippen MR) is 113 cm³/mol. The van der Waals surface area contributed by atoms with E-state index in [0.29, 0.717) is 12.1 Å². The number of halogens is 6. The number of hydrogen-bond donors (Lipinski definition) is 1. The zero-order valence-corrected chi connectivity index (χ0v) is 18.4. The van der Waals surface area contributed by atoms with Crippen LogP contribution in [0.15, 0.2) is 54.9 Å². The molecule has 17 heteroatoms. The smallest absolute Gasteiger partial charge is 0.437 e. The third-order valence-electron chi connectivity index (χ3n) is 4.79. The number of rotatable bonds is 5. The number of hydrogen-bond acceptors (Lipinski definition) is 9. The molecule has 3 aromatic rings. The average molecular weight is 542 g/mol. The summed E-state index contributed by atoms with van der Waals surface area (Å²) in [4.78, 5) is 49.3. The molecular weight excluding hydrogens is 530 g/mol. The lowest BCUT2D eigenvalue weighted by molar-refractivity contribution is -0.204. The number of nitrogens with two attached hydrogens (primary N) is 1. The van der Waals surface area contributed by atoms with Gasteiger partial charge in [0.2, 0.25) is 11.8 Å². The Morgan fingerprint density at radius 3 is 2.34 bits per heavy atom. The lowest BCUT2D eigenvalue weighted by Crippen LogP contribution is -2.42. The monoisotopic (exact) mass is 542 g/mol. The van der Waals surface area contributed by atoms with Gasteiger partial charge in [-0.15, -0.1) is 0 Å². The van der Waals surface area contributed by atoms with Crippen LogP contribution in [0.25, 0.3) is 0 Å². The molecule has 1 unspecified atom stereocenters. The molecule has 3 amide bonds. The highest BCUT2D eigenvalue weighted by atomic mass is 19.4. The molecule has 0 spiro atoms. The van der Waals surface area contributed by atoms with Crippen molar-refractivity contribution in [3.63, 3.8) is 0 Å². The highest BCUT2D eigenvalue weighted by Gasteiger charge is 2.53. The van der Waals surface area contributed by atoms with Crippen molar-refractivity contribution >= 4 is 35.4 Å². The van der Waals surface area contributed by atoms with Crippen LogP contribution in [0, 0.1) is 0 Å². The van der Waals surface area contributed by atoms with Crippen molar-refractivity contribution in [1.29, 1.82) is 0 Å². The number of alkyl halides is 6. The van der Waals surface area contributed by atoms with E-state index in [1.165, 1.54) is 18.3 Å². The SMILES string of the molecule is Nc1nccc(Oc2ccc(N3C(=O)C(OC(=O)C(F)(F)F)N(c4cccc(C(F)(F)F)c4)C3=O)nc2)n1. The number of esters is 1. The molecule has 2 N–H and O–H groups in total. The first kappa shape index (κ1) is 26.1. The van der Waals surface area contributed by atoms with Crippen LogP contribution in [0.4, 0.5) is 48.6 Å². The first-order valence-corrected chi connectivity index (χ1v) is 10.1. The zero-order chi connectivity index (χ0) is 27.8. The van der Waals surface area contributed by atoms with Crippen LogP contribution in [0.2, 0.25) is 0 Å². The van der Waals surface area contributed by atoms with Gasteiger partial charge in [0.1, 0.15) is 11.6 Å². The number of carbonyl (C=O) groups excluding carboxylic acids is 3. The largest absolute Gasteiger partial charge is 0.491 e. The van der Waals surface area contributed by atoms with E-state index in [9.17, 15) is 40.7 Å². The molecule has 1 aliphatic heterocycles. The van der Waals surface area contributed by atoms with Gasteiger partial charge in [-0.2, -0.15) is 31.3 Å². The summed E-state index contributed by atoms with van der Waals surface area (Å²) >= 11 is 0. The van der Waals surface area contributed by atoms with E-state index in [2.05, 4.69) is 19.7 Å². The summed E-state index contributed by atoms with van der Waals surface area (Å²) in [5.41, 5.74) is 3.50. The van der Waals surface area contributed by atoms with E-state index in [-0.39, 0.29) is 27.4 Å². The second-order valence-corrected chi connectivity index (χ2v) is 7.34. The second-order valence-electron chi connectivity index (χ2n) is 7.34. The standard InChI is InChI=1S/C21H12F6N6O5/c22-20(23,24)10-2-1-3-11(8-10)32-16(38-17(35)21(25,26)27)15(34)33(19(32)36)13-5-4-12(9-30-13)37-14-6-7-29-18(28)31-14/h1-9,16H,(H2,28,29,31). The quantitative estimate of drug-likeness (QED) is 0.290. The number of benzene rings is 1. The Morgan fingerprint density at radius 2 is 1.74 bits per heavy atom. The maximum atomic E-state index is 13.2. The lowest BCUT2D eigenvalue weighted by atomic mass is 10.2. The number of amides is 3. The van der Waals surface area contributed by atoms with Gasteiger partial charge in [0, 0.05) is 12.3 Å². The molecule has 38 heavy (non-hydrogen) atoms. The molecule has 1 aromatic carbocycles. The third-order valence-corrected chi connectivity index (χ3v) is 4.79. The second kappa shape index (κ2) is 9.49. The van der Waals surface area contributed by atoms with Gasteiger partial charge in [-0.25, -0.2) is 29.4 Å². The van der Waals surface area contributed by atoms with E-state index < -0.39 is 53.6 Å². The van der Waals surface area contributed by atoms with Crippen molar-refractivity contribution in [2.75, 3.05) is 15.5 Å². The van der Waals surface area contributed by atoms with E-state index in [4.69, 9.17) is 10.5 Å². The molecule has 0 saturated carbocycles. The van der Waals surface area contributed by atoms with Crippen LogP contribution in [-0.2, 0) is 20.5 Å². The molecule has 1 fully saturated rings. The van der Waals surface area contributed by atoms with E-state index >= 15 is 0 Å². The van der Waals surface area contributed by atoms with E-state index in [1.54, 1.807) is 0 Å². The molecule has 11 nitrogen and oxygen atoms in total. The van der Waals surface area contributed by atoms with Crippen LogP contribution < -0.4 is 20.3 Å². The summed E-state index contributed by atoms with van der Waals surface area (Å²) < 4.78 is 87.7. The summed E-state index contributed by atoms with van der Waals surface area (Å²) in [5.74, 6) is -4.89. The number of urea groups is 1. The Balaban J connectivity index is 1.68. The molecule has 0 aliphatic carbocycles. The van der Waals surface area contributed by atoms with Crippen LogP contribution in [-0.4, -0.2) is 45.3 Å². The molecule has 3 heterocycles. The van der Waals surface area contributed by atoms with Gasteiger partial charge >= 0.3 is 24.4 Å². The molecule has 0 bridgehead atoms. The number of pyridine rings is 1. The van der Waals surface area contributed by atoms with Gasteiger partial charge in [-0.3, -0.25) is 4.79 Å². The van der Waals surface area contributed by atoms with Crippen molar-refractivity contribution in [2.45, 2.75) is 18.6 Å². The summed E-state index contributed by atoms with van der Waals surface area (Å²) in [6.07, 6.45) is -10.7. The molecule has 1 saturated heterocycles. The molecule has 4 rings (SSSR count). The average Bonchev–Trinajstić information content (AvgIpc) is 3.08. The van der Waals surface area contributed by atoms with Crippen molar-refractivity contribution in [1.82, 2.24) is 15.0 Å². The van der Waals surface area contributed by atoms with Crippen LogP contribution in [0.1, 0.15) is 5.56 Å².